The Labute approximate surface area is 128 Å². The number of carboxylic acids is 1. The Balaban J connectivity index is 1.52. The Morgan fingerprint density at radius 1 is 1.41 bits per heavy atom. The van der Waals surface area contributed by atoms with Crippen molar-refractivity contribution in [1.29, 1.82) is 0 Å². The van der Waals surface area contributed by atoms with E-state index in [1.165, 1.54) is 6.20 Å². The first-order chi connectivity index (χ1) is 10.6. The smallest absolute Gasteiger partial charge is 0.338 e. The molecule has 7 nitrogen and oxygen atoms in total. The molecule has 7 heteroatoms. The van der Waals surface area contributed by atoms with Crippen molar-refractivity contribution in [2.24, 2.45) is 5.92 Å². The average molecular weight is 307 g/mol. The first-order valence-electron chi connectivity index (χ1n) is 7.78. The number of likely N-dealkylation sites (tertiary alicyclic amines) is 1. The fourth-order valence-corrected chi connectivity index (χ4v) is 3.06. The van der Waals surface area contributed by atoms with Crippen LogP contribution >= 0.6 is 0 Å². The minimum Gasteiger partial charge on any atom is -0.478 e. The van der Waals surface area contributed by atoms with E-state index < -0.39 is 5.97 Å². The molecule has 1 aliphatic heterocycles. The molecule has 1 aliphatic carbocycles. The summed E-state index contributed by atoms with van der Waals surface area (Å²) in [6, 6.07) is 0.166. The van der Waals surface area contributed by atoms with E-state index in [1.54, 1.807) is 10.9 Å². The highest BCUT2D eigenvalue weighted by Crippen LogP contribution is 2.36. The number of piperidine rings is 1. The number of nitrogens with zero attached hydrogens (tertiary/aromatic N) is 3. The Morgan fingerprint density at radius 2 is 2.14 bits per heavy atom. The van der Waals surface area contributed by atoms with E-state index in [2.05, 4.69) is 5.10 Å². The zero-order chi connectivity index (χ0) is 15.7. The highest BCUT2D eigenvalue weighted by Gasteiger charge is 2.46. The third kappa shape index (κ3) is 2.99. The quantitative estimate of drug-likeness (QED) is 0.882. The highest BCUT2D eigenvalue weighted by atomic mass is 16.5. The van der Waals surface area contributed by atoms with Gasteiger partial charge in [0, 0.05) is 25.9 Å². The largest absolute Gasteiger partial charge is 0.478 e. The van der Waals surface area contributed by atoms with Gasteiger partial charge < -0.3 is 14.7 Å². The van der Waals surface area contributed by atoms with E-state index in [0.29, 0.717) is 19.7 Å². The summed E-state index contributed by atoms with van der Waals surface area (Å²) in [5.74, 6) is -0.724. The molecular weight excluding hydrogens is 286 g/mol. The normalized spacial score (nSPS) is 25.2. The van der Waals surface area contributed by atoms with Crippen LogP contribution in [0.1, 0.15) is 42.6 Å². The van der Waals surface area contributed by atoms with Gasteiger partial charge in [-0.25, -0.2) is 4.79 Å². The molecule has 1 saturated heterocycles. The van der Waals surface area contributed by atoms with Crippen molar-refractivity contribution in [2.45, 2.75) is 38.3 Å². The monoisotopic (exact) mass is 307 g/mol. The molecule has 0 aromatic carbocycles. The van der Waals surface area contributed by atoms with Crippen molar-refractivity contribution in [1.82, 2.24) is 14.7 Å². The maximum absolute atomic E-state index is 12.3. The molecular formula is C15H21N3O4. The van der Waals surface area contributed by atoms with Crippen molar-refractivity contribution in [3.8, 4) is 0 Å². The third-order valence-electron chi connectivity index (χ3n) is 4.43. The number of hydrogen-bond acceptors (Lipinski definition) is 4. The van der Waals surface area contributed by atoms with Crippen LogP contribution in [0, 0.1) is 5.92 Å². The van der Waals surface area contributed by atoms with Crippen LogP contribution < -0.4 is 0 Å². The van der Waals surface area contributed by atoms with Crippen LogP contribution in [0.15, 0.2) is 12.4 Å². The minimum atomic E-state index is -0.963. The van der Waals surface area contributed by atoms with Gasteiger partial charge in [-0.15, -0.1) is 0 Å². The Morgan fingerprint density at radius 3 is 2.73 bits per heavy atom. The molecule has 1 amide bonds. The summed E-state index contributed by atoms with van der Waals surface area (Å²) >= 11 is 0. The topological polar surface area (TPSA) is 84.7 Å². The third-order valence-corrected chi connectivity index (χ3v) is 4.43. The van der Waals surface area contributed by atoms with E-state index in [4.69, 9.17) is 9.84 Å². The number of carbonyl (C=O) groups excluding carboxylic acids is 1. The molecule has 2 atom stereocenters. The molecule has 1 N–H and O–H groups in total. The van der Waals surface area contributed by atoms with Gasteiger partial charge in [-0.3, -0.25) is 9.48 Å². The zero-order valence-electron chi connectivity index (χ0n) is 12.6. The summed E-state index contributed by atoms with van der Waals surface area (Å²) in [4.78, 5) is 25.1. The van der Waals surface area contributed by atoms with Crippen LogP contribution in [0.3, 0.4) is 0 Å². The van der Waals surface area contributed by atoms with Crippen molar-refractivity contribution < 1.29 is 19.4 Å². The molecule has 2 fully saturated rings. The maximum atomic E-state index is 12.3. The van der Waals surface area contributed by atoms with Crippen LogP contribution in [-0.2, 0) is 9.53 Å². The lowest BCUT2D eigenvalue weighted by atomic mass is 10.0. The number of rotatable bonds is 5. The number of carboxylic acid groups (broad SMARTS) is 1. The summed E-state index contributed by atoms with van der Waals surface area (Å²) in [7, 11) is 0. The van der Waals surface area contributed by atoms with Crippen LogP contribution in [0.2, 0.25) is 0 Å². The summed E-state index contributed by atoms with van der Waals surface area (Å²) < 4.78 is 7.19. The summed E-state index contributed by atoms with van der Waals surface area (Å²) in [5, 5.41) is 13.1. The molecule has 0 radical (unpaired) electrons. The average Bonchev–Trinajstić information content (AvgIpc) is 3.10. The van der Waals surface area contributed by atoms with Crippen molar-refractivity contribution in [3.63, 3.8) is 0 Å². The van der Waals surface area contributed by atoms with Gasteiger partial charge in [0.2, 0.25) is 5.91 Å². The molecule has 2 heterocycles. The zero-order valence-corrected chi connectivity index (χ0v) is 12.6. The summed E-state index contributed by atoms with van der Waals surface area (Å²) in [6.45, 7) is 3.99. The van der Waals surface area contributed by atoms with Gasteiger partial charge in [0.05, 0.1) is 29.8 Å². The molecule has 120 valence electrons. The molecule has 1 saturated carbocycles. The number of ether oxygens (including phenoxy) is 1. The molecule has 0 bridgehead atoms. The molecule has 0 spiro atoms. The summed E-state index contributed by atoms with van der Waals surface area (Å²) in [5.41, 5.74) is 0.205. The van der Waals surface area contributed by atoms with Gasteiger partial charge >= 0.3 is 5.97 Å². The first kappa shape index (κ1) is 15.0. The van der Waals surface area contributed by atoms with E-state index >= 15 is 0 Å². The standard InChI is InChI=1S/C15H21N3O4/c1-2-22-13-7-12(13)14(19)17-5-3-11(4-6-17)18-9-10(8-16-18)15(20)21/h8-9,11-13H,2-7H2,1H3,(H,20,21)/t12-,13-/m0/s1. The lowest BCUT2D eigenvalue weighted by Gasteiger charge is -2.32. The Hall–Kier alpha value is -1.89. The van der Waals surface area contributed by atoms with E-state index in [9.17, 15) is 9.59 Å². The molecule has 1 aromatic heterocycles. The number of aromatic nitrogens is 2. The van der Waals surface area contributed by atoms with E-state index in [0.717, 1.165) is 19.3 Å². The van der Waals surface area contributed by atoms with E-state index in [-0.39, 0.29) is 29.5 Å². The molecule has 1 aromatic rings. The number of hydrogen-bond donors (Lipinski definition) is 1. The minimum absolute atomic E-state index is 0.0415. The number of aromatic carboxylic acids is 1. The predicted molar refractivity (Wildman–Crippen MR) is 77.6 cm³/mol. The Bertz CT molecular complexity index is 563. The van der Waals surface area contributed by atoms with Gasteiger partial charge in [-0.05, 0) is 26.2 Å². The summed E-state index contributed by atoms with van der Waals surface area (Å²) in [6.07, 6.45) is 5.50. The lowest BCUT2D eigenvalue weighted by molar-refractivity contribution is -0.134. The molecule has 22 heavy (non-hydrogen) atoms. The second kappa shape index (κ2) is 6.08. The van der Waals surface area contributed by atoms with Crippen molar-refractivity contribution in [3.05, 3.63) is 18.0 Å². The van der Waals surface area contributed by atoms with Crippen LogP contribution in [0.5, 0.6) is 0 Å². The van der Waals surface area contributed by atoms with Crippen molar-refractivity contribution in [2.75, 3.05) is 19.7 Å². The number of carbonyl (C=O) groups is 2. The highest BCUT2D eigenvalue weighted by molar-refractivity contribution is 5.86. The fourth-order valence-electron chi connectivity index (χ4n) is 3.06. The molecule has 2 aliphatic rings. The predicted octanol–water partition coefficient (Wildman–Crippen LogP) is 1.17. The second-order valence-electron chi connectivity index (χ2n) is 5.91. The lowest BCUT2D eigenvalue weighted by Crippen LogP contribution is -2.40. The van der Waals surface area contributed by atoms with Crippen molar-refractivity contribution >= 4 is 11.9 Å². The van der Waals surface area contributed by atoms with Crippen LogP contribution in [-0.4, -0.2) is 57.5 Å². The number of amides is 1. The fraction of sp³-hybridized carbons (Fsp3) is 0.667. The Kier molecular flexibility index (Phi) is 4.15. The molecule has 0 unspecified atom stereocenters. The van der Waals surface area contributed by atoms with Gasteiger partial charge in [-0.2, -0.15) is 5.10 Å². The molecule has 3 rings (SSSR count). The van der Waals surface area contributed by atoms with Gasteiger partial charge in [-0.1, -0.05) is 0 Å². The SMILES string of the molecule is CCO[C@H]1C[C@@H]1C(=O)N1CCC(n2cc(C(=O)O)cn2)CC1. The maximum Gasteiger partial charge on any atom is 0.338 e. The van der Waals surface area contributed by atoms with Crippen LogP contribution in [0.4, 0.5) is 0 Å². The van der Waals surface area contributed by atoms with Gasteiger partial charge in [0.25, 0.3) is 0 Å². The van der Waals surface area contributed by atoms with Crippen LogP contribution in [0.25, 0.3) is 0 Å². The second-order valence-corrected chi connectivity index (χ2v) is 5.91. The van der Waals surface area contributed by atoms with Gasteiger partial charge in [0.1, 0.15) is 0 Å². The van der Waals surface area contributed by atoms with Gasteiger partial charge in [0.15, 0.2) is 0 Å². The first-order valence-corrected chi connectivity index (χ1v) is 7.78. The van der Waals surface area contributed by atoms with E-state index in [1.807, 2.05) is 11.8 Å².